The number of carbonyl (C=O) groups is 1. The molecule has 0 radical (unpaired) electrons. The first-order valence-corrected chi connectivity index (χ1v) is 13.1. The summed E-state index contributed by atoms with van der Waals surface area (Å²) in [5.74, 6) is -0.311. The summed E-state index contributed by atoms with van der Waals surface area (Å²) >= 11 is 0. The zero-order valence-electron chi connectivity index (χ0n) is 22.2. The summed E-state index contributed by atoms with van der Waals surface area (Å²) in [7, 11) is 1.47. The molecule has 0 saturated heterocycles. The number of nitrogens with zero attached hydrogens (tertiary/aromatic N) is 1. The van der Waals surface area contributed by atoms with Crippen LogP contribution in [0.4, 0.5) is 5.69 Å². The minimum absolute atomic E-state index is 0.0433. The molecule has 1 aliphatic heterocycles. The van der Waals surface area contributed by atoms with E-state index in [4.69, 9.17) is 4.74 Å². The first kappa shape index (κ1) is 25.5. The molecule has 4 heteroatoms. The highest BCUT2D eigenvalue weighted by Gasteiger charge is 2.41. The smallest absolute Gasteiger partial charge is 0.337 e. The highest BCUT2D eigenvalue weighted by molar-refractivity contribution is 5.92. The van der Waals surface area contributed by atoms with Crippen molar-refractivity contribution in [1.29, 1.82) is 0 Å². The van der Waals surface area contributed by atoms with Crippen LogP contribution in [0, 0.1) is 13.8 Å². The Balaban J connectivity index is 1.72. The molecule has 0 bridgehead atoms. The summed E-state index contributed by atoms with van der Waals surface area (Å²) in [5.41, 5.74) is 8.39. The summed E-state index contributed by atoms with van der Waals surface area (Å²) in [4.78, 5) is 16.0. The average molecular weight is 503 g/mol. The molecule has 4 aromatic carbocycles. The summed E-state index contributed by atoms with van der Waals surface area (Å²) in [6.07, 6.45) is 0.650. The minimum atomic E-state index is -0.311. The van der Waals surface area contributed by atoms with Gasteiger partial charge in [0.05, 0.1) is 18.7 Å². The molecule has 5 rings (SSSR count). The lowest BCUT2D eigenvalue weighted by Gasteiger charge is -2.44. The van der Waals surface area contributed by atoms with Gasteiger partial charge < -0.3 is 10.1 Å². The Morgan fingerprint density at radius 3 is 1.92 bits per heavy atom. The van der Waals surface area contributed by atoms with Crippen molar-refractivity contribution in [3.05, 3.63) is 148 Å². The van der Waals surface area contributed by atoms with Crippen LogP contribution in [0.3, 0.4) is 0 Å². The van der Waals surface area contributed by atoms with Gasteiger partial charge in [0.2, 0.25) is 0 Å². The van der Waals surface area contributed by atoms with Crippen LogP contribution in [0.15, 0.2) is 120 Å². The van der Waals surface area contributed by atoms with E-state index in [1.807, 2.05) is 36.4 Å². The number of hydrogen-bond acceptors (Lipinski definition) is 4. The summed E-state index contributed by atoms with van der Waals surface area (Å²) in [5, 5.41) is 3.60. The third-order valence-electron chi connectivity index (χ3n) is 7.27. The summed E-state index contributed by atoms with van der Waals surface area (Å²) < 4.78 is 5.42. The number of benzene rings is 4. The summed E-state index contributed by atoms with van der Waals surface area (Å²) in [6, 6.07) is 37.5. The third-order valence-corrected chi connectivity index (χ3v) is 7.27. The van der Waals surface area contributed by atoms with Crippen molar-refractivity contribution in [3.63, 3.8) is 0 Å². The van der Waals surface area contributed by atoms with E-state index in [9.17, 15) is 4.79 Å². The predicted octanol–water partition coefficient (Wildman–Crippen LogP) is 7.53. The number of para-hydroxylation sites is 1. The lowest BCUT2D eigenvalue weighted by Crippen LogP contribution is -2.41. The van der Waals surface area contributed by atoms with E-state index in [0.29, 0.717) is 18.5 Å². The predicted molar refractivity (Wildman–Crippen MR) is 154 cm³/mol. The van der Waals surface area contributed by atoms with Crippen molar-refractivity contribution in [3.8, 4) is 0 Å². The number of methoxy groups -OCH3 is 1. The second-order valence-corrected chi connectivity index (χ2v) is 9.98. The van der Waals surface area contributed by atoms with Crippen molar-refractivity contribution < 1.29 is 9.53 Å². The molecule has 2 atom stereocenters. The van der Waals surface area contributed by atoms with Gasteiger partial charge in [-0.15, -0.1) is 0 Å². The maximum Gasteiger partial charge on any atom is 0.337 e. The van der Waals surface area contributed by atoms with E-state index in [2.05, 4.69) is 96.9 Å². The maximum absolute atomic E-state index is 13.6. The van der Waals surface area contributed by atoms with Crippen LogP contribution in [0.2, 0.25) is 0 Å². The van der Waals surface area contributed by atoms with Crippen molar-refractivity contribution in [2.75, 3.05) is 12.4 Å². The molecule has 192 valence electrons. The van der Waals surface area contributed by atoms with E-state index < -0.39 is 0 Å². The number of carbonyl (C=O) groups excluding carboxylic acids is 1. The van der Waals surface area contributed by atoms with Crippen molar-refractivity contribution >= 4 is 11.7 Å². The quantitative estimate of drug-likeness (QED) is 0.265. The Kier molecular flexibility index (Phi) is 7.71. The molecule has 0 aromatic heterocycles. The lowest BCUT2D eigenvalue weighted by atomic mass is 9.84. The Hall–Kier alpha value is -4.15. The fourth-order valence-corrected chi connectivity index (χ4v) is 5.29. The molecule has 4 nitrogen and oxygen atoms in total. The van der Waals surface area contributed by atoms with Gasteiger partial charge in [-0.3, -0.25) is 4.90 Å². The van der Waals surface area contributed by atoms with Gasteiger partial charge in [-0.25, -0.2) is 4.79 Å². The third kappa shape index (κ3) is 5.56. The SMILES string of the molecule is COC(=O)C1=C(Nc2ccccc2)C[C@@H](c2ccc(C)cc2)N(Cc2ccccc2)[C@@H]1c1ccc(C)cc1. The Labute approximate surface area is 225 Å². The molecule has 38 heavy (non-hydrogen) atoms. The molecule has 0 spiro atoms. The van der Waals surface area contributed by atoms with Gasteiger partial charge in [-0.1, -0.05) is 108 Å². The number of ether oxygens (including phenoxy) is 1. The standard InChI is InChI=1S/C34H34N2O2/c1-24-14-18-27(19-15-24)31-22-30(35-29-12-8-5-9-13-29)32(34(37)38-3)33(28-20-16-25(2)17-21-28)36(31)23-26-10-6-4-7-11-26/h4-21,31,33,35H,22-23H2,1-3H3/t31-,33+/m0/s1. The number of nitrogens with one attached hydrogen (secondary N) is 1. The molecule has 0 unspecified atom stereocenters. The molecular formula is C34H34N2O2. The first-order valence-electron chi connectivity index (χ1n) is 13.1. The number of anilines is 1. The topological polar surface area (TPSA) is 41.6 Å². The molecule has 0 aliphatic carbocycles. The van der Waals surface area contributed by atoms with E-state index >= 15 is 0 Å². The van der Waals surface area contributed by atoms with Crippen LogP contribution < -0.4 is 5.32 Å². The lowest BCUT2D eigenvalue weighted by molar-refractivity contribution is -0.137. The number of rotatable bonds is 7. The first-order chi connectivity index (χ1) is 18.5. The number of hydrogen-bond donors (Lipinski definition) is 1. The highest BCUT2D eigenvalue weighted by atomic mass is 16.5. The Morgan fingerprint density at radius 2 is 1.34 bits per heavy atom. The van der Waals surface area contributed by atoms with Gasteiger partial charge in [-0.05, 0) is 42.7 Å². The van der Waals surface area contributed by atoms with Crippen LogP contribution in [-0.4, -0.2) is 18.0 Å². The van der Waals surface area contributed by atoms with Crippen LogP contribution in [0.1, 0.15) is 46.3 Å². The number of aryl methyl sites for hydroxylation is 2. The van der Waals surface area contributed by atoms with E-state index in [0.717, 1.165) is 16.9 Å². The van der Waals surface area contributed by atoms with E-state index in [-0.39, 0.29) is 18.1 Å². The zero-order chi connectivity index (χ0) is 26.5. The van der Waals surface area contributed by atoms with Crippen LogP contribution >= 0.6 is 0 Å². The van der Waals surface area contributed by atoms with Crippen molar-refractivity contribution in [1.82, 2.24) is 4.90 Å². The fourth-order valence-electron chi connectivity index (χ4n) is 5.29. The molecule has 1 N–H and O–H groups in total. The normalized spacial score (nSPS) is 17.8. The molecule has 1 aliphatic rings. The Bertz CT molecular complexity index is 1390. The highest BCUT2D eigenvalue weighted by Crippen LogP contribution is 2.46. The van der Waals surface area contributed by atoms with E-state index in [1.54, 1.807) is 0 Å². The van der Waals surface area contributed by atoms with Gasteiger partial charge in [0.25, 0.3) is 0 Å². The van der Waals surface area contributed by atoms with E-state index in [1.165, 1.54) is 29.4 Å². The van der Waals surface area contributed by atoms with Crippen LogP contribution in [-0.2, 0) is 16.1 Å². The molecule has 0 saturated carbocycles. The monoisotopic (exact) mass is 502 g/mol. The molecule has 0 amide bonds. The summed E-state index contributed by atoms with van der Waals surface area (Å²) in [6.45, 7) is 4.89. The van der Waals surface area contributed by atoms with Gasteiger partial charge in [-0.2, -0.15) is 0 Å². The van der Waals surface area contributed by atoms with Gasteiger partial charge in [0.1, 0.15) is 0 Å². The van der Waals surface area contributed by atoms with Crippen LogP contribution in [0.5, 0.6) is 0 Å². The maximum atomic E-state index is 13.6. The molecule has 0 fully saturated rings. The molecular weight excluding hydrogens is 468 g/mol. The molecule has 1 heterocycles. The largest absolute Gasteiger partial charge is 0.466 e. The van der Waals surface area contributed by atoms with Gasteiger partial charge in [0, 0.05) is 30.4 Å². The zero-order valence-corrected chi connectivity index (χ0v) is 22.2. The van der Waals surface area contributed by atoms with Crippen molar-refractivity contribution in [2.24, 2.45) is 0 Å². The van der Waals surface area contributed by atoms with Crippen LogP contribution in [0.25, 0.3) is 0 Å². The second kappa shape index (κ2) is 11.5. The fraction of sp³-hybridized carbons (Fsp3) is 0.206. The van der Waals surface area contributed by atoms with Gasteiger partial charge in [0.15, 0.2) is 0 Å². The van der Waals surface area contributed by atoms with Crippen molar-refractivity contribution in [2.45, 2.75) is 38.9 Å². The number of esters is 1. The Morgan fingerprint density at radius 1 is 0.789 bits per heavy atom. The average Bonchev–Trinajstić information content (AvgIpc) is 2.95. The van der Waals surface area contributed by atoms with Gasteiger partial charge >= 0.3 is 5.97 Å². The second-order valence-electron chi connectivity index (χ2n) is 9.98. The molecule has 4 aromatic rings. The minimum Gasteiger partial charge on any atom is -0.466 e.